The van der Waals surface area contributed by atoms with Crippen molar-refractivity contribution < 1.29 is 24.0 Å². The number of aromatic nitrogens is 1. The zero-order valence-electron chi connectivity index (χ0n) is 27.8. The number of nitrogens with zero attached hydrogens (tertiary/aromatic N) is 2. The van der Waals surface area contributed by atoms with E-state index in [4.69, 9.17) is 5.73 Å². The third-order valence-corrected chi connectivity index (χ3v) is 9.92. The second kappa shape index (κ2) is 12.2. The highest BCUT2D eigenvalue weighted by Crippen LogP contribution is 2.65. The van der Waals surface area contributed by atoms with Crippen molar-refractivity contribution in [1.82, 2.24) is 25.4 Å². The molecule has 4 rings (SSSR count). The molecule has 1 aromatic rings. The summed E-state index contributed by atoms with van der Waals surface area (Å²) in [5.74, 6) is -2.62. The molecule has 5 N–H and O–H groups in total. The van der Waals surface area contributed by atoms with Crippen LogP contribution in [0.25, 0.3) is 0 Å². The number of fused-ring (bicyclic) bond motifs is 1. The first-order chi connectivity index (χ1) is 20.7. The van der Waals surface area contributed by atoms with Gasteiger partial charge in [-0.25, -0.2) is 4.79 Å². The van der Waals surface area contributed by atoms with Crippen molar-refractivity contribution >= 4 is 29.5 Å². The van der Waals surface area contributed by atoms with Crippen molar-refractivity contribution in [3.8, 4) is 0 Å². The van der Waals surface area contributed by atoms with Crippen molar-refractivity contribution in [2.75, 3.05) is 6.54 Å². The van der Waals surface area contributed by atoms with Gasteiger partial charge in [0.15, 0.2) is 0 Å². The minimum Gasteiger partial charge on any atom is -0.363 e. The number of carbonyl (C=O) groups is 5. The summed E-state index contributed by atoms with van der Waals surface area (Å²) in [6.07, 6.45) is 3.84. The van der Waals surface area contributed by atoms with Gasteiger partial charge in [0.25, 0.3) is 11.5 Å². The van der Waals surface area contributed by atoms with Gasteiger partial charge in [0.2, 0.25) is 17.6 Å². The summed E-state index contributed by atoms with van der Waals surface area (Å²) in [7, 11) is 0. The minimum atomic E-state index is -1.10. The molecule has 0 bridgehead atoms. The number of primary amides is 1. The molecule has 12 heteroatoms. The molecular weight excluding hydrogens is 576 g/mol. The molecule has 12 nitrogen and oxygen atoms in total. The number of nitrogens with two attached hydrogens (primary N) is 1. The molecule has 1 saturated heterocycles. The lowest BCUT2D eigenvalue weighted by Crippen LogP contribution is -2.62. The van der Waals surface area contributed by atoms with Gasteiger partial charge in [-0.1, -0.05) is 74.3 Å². The first-order valence-electron chi connectivity index (χ1n) is 15.9. The van der Waals surface area contributed by atoms with E-state index in [0.717, 1.165) is 12.8 Å². The molecule has 3 aliphatic rings. The van der Waals surface area contributed by atoms with Crippen molar-refractivity contribution in [3.05, 3.63) is 34.7 Å². The van der Waals surface area contributed by atoms with Gasteiger partial charge in [-0.15, -0.1) is 0 Å². The Morgan fingerprint density at radius 2 is 1.62 bits per heavy atom. The van der Waals surface area contributed by atoms with Crippen LogP contribution >= 0.6 is 0 Å². The molecule has 0 radical (unpaired) electrons. The molecule has 2 saturated carbocycles. The molecule has 6 atom stereocenters. The molecule has 1 aromatic heterocycles. The van der Waals surface area contributed by atoms with Crippen molar-refractivity contribution in [3.63, 3.8) is 0 Å². The Kier molecular flexibility index (Phi) is 9.30. The van der Waals surface area contributed by atoms with E-state index in [1.54, 1.807) is 18.3 Å². The van der Waals surface area contributed by atoms with Crippen LogP contribution in [0.4, 0.5) is 4.79 Å². The lowest BCUT2D eigenvalue weighted by Gasteiger charge is -2.38. The summed E-state index contributed by atoms with van der Waals surface area (Å²) >= 11 is 0. The third-order valence-electron chi connectivity index (χ3n) is 9.92. The standard InChI is InChI=1S/C33H50N6O6/c1-31(2,3)21(17-38-14-10-9-11-22(38)40)36-30(45)37-26(32(4,5)6)29(44)39-16-19-23(33(19,7)8)24(39)28(43)35-20(15-18-12-13-18)25(41)27(34)42/h9-11,14,18-21,23-24,26H,12-13,15-17H2,1-8H3,(H2,34,42)(H,35,43)(H2,36,37,45)/t19-,20?,21+,23-,24-,26+/m0/s1. The Hall–Kier alpha value is -3.70. The van der Waals surface area contributed by atoms with Crippen LogP contribution in [0.15, 0.2) is 29.2 Å². The number of Topliss-reactive ketones (excluding diaryl/α,β-unsaturated/α-hetero) is 1. The van der Waals surface area contributed by atoms with Gasteiger partial charge in [0.1, 0.15) is 12.1 Å². The average Bonchev–Trinajstić information content (AvgIpc) is 3.77. The SMILES string of the molecule is CC(C)(C)[C@H](NC(=O)N[C@H](Cn1ccccc1=O)C(C)(C)C)C(=O)N1C[C@H]2[C@@H]([C@H]1C(=O)NC(CC1CC1)C(=O)C(N)=O)C2(C)C. The van der Waals surface area contributed by atoms with E-state index < -0.39 is 64.5 Å². The van der Waals surface area contributed by atoms with Crippen LogP contribution in [-0.4, -0.2) is 69.7 Å². The molecule has 2 heterocycles. The largest absolute Gasteiger partial charge is 0.363 e. The van der Waals surface area contributed by atoms with Gasteiger partial charge >= 0.3 is 6.03 Å². The van der Waals surface area contributed by atoms with E-state index >= 15 is 0 Å². The second-order valence-corrected chi connectivity index (χ2v) is 15.9. The Balaban J connectivity index is 1.53. The van der Waals surface area contributed by atoms with Crippen molar-refractivity contribution in [1.29, 1.82) is 0 Å². The minimum absolute atomic E-state index is 0.0785. The number of piperidine rings is 1. The molecular formula is C33H50N6O6. The fourth-order valence-electron chi connectivity index (χ4n) is 6.65. The summed E-state index contributed by atoms with van der Waals surface area (Å²) in [6, 6.07) is 0.985. The number of pyridine rings is 1. The molecule has 5 amide bonds. The number of urea groups is 1. The Bertz CT molecular complexity index is 1400. The Labute approximate surface area is 265 Å². The first-order valence-corrected chi connectivity index (χ1v) is 15.9. The molecule has 0 spiro atoms. The monoisotopic (exact) mass is 626 g/mol. The fourth-order valence-corrected chi connectivity index (χ4v) is 6.65. The number of carbonyl (C=O) groups excluding carboxylic acids is 5. The Morgan fingerprint density at radius 1 is 0.978 bits per heavy atom. The molecule has 0 aromatic carbocycles. The van der Waals surface area contributed by atoms with Gasteiger partial charge in [0.05, 0.1) is 12.1 Å². The van der Waals surface area contributed by atoms with Gasteiger partial charge in [-0.3, -0.25) is 24.0 Å². The highest BCUT2D eigenvalue weighted by molar-refractivity contribution is 6.37. The van der Waals surface area contributed by atoms with Crippen LogP contribution < -0.4 is 27.2 Å². The second-order valence-electron chi connectivity index (χ2n) is 15.9. The number of hydrogen-bond donors (Lipinski definition) is 4. The van der Waals surface area contributed by atoms with Crippen molar-refractivity contribution in [2.24, 2.45) is 39.7 Å². The van der Waals surface area contributed by atoms with Crippen LogP contribution in [0.3, 0.4) is 0 Å². The maximum atomic E-state index is 14.3. The number of hydrogen-bond acceptors (Lipinski definition) is 6. The van der Waals surface area contributed by atoms with Gasteiger partial charge in [-0.05, 0) is 46.5 Å². The zero-order valence-corrected chi connectivity index (χ0v) is 27.8. The predicted octanol–water partition coefficient (Wildman–Crippen LogP) is 1.80. The fraction of sp³-hybridized carbons (Fsp3) is 0.697. The lowest BCUT2D eigenvalue weighted by molar-refractivity contribution is -0.145. The molecule has 1 unspecified atom stereocenters. The van der Waals surface area contributed by atoms with E-state index in [2.05, 4.69) is 29.8 Å². The predicted molar refractivity (Wildman–Crippen MR) is 169 cm³/mol. The molecule has 1 aliphatic heterocycles. The highest BCUT2D eigenvalue weighted by Gasteiger charge is 2.70. The zero-order chi connectivity index (χ0) is 33.6. The topological polar surface area (TPSA) is 173 Å². The highest BCUT2D eigenvalue weighted by atomic mass is 16.2. The van der Waals surface area contributed by atoms with E-state index in [-0.39, 0.29) is 35.3 Å². The van der Waals surface area contributed by atoms with E-state index in [1.807, 2.05) is 41.5 Å². The summed E-state index contributed by atoms with van der Waals surface area (Å²) in [4.78, 5) is 79.9. The van der Waals surface area contributed by atoms with Crippen LogP contribution in [0.5, 0.6) is 0 Å². The number of rotatable bonds is 11. The number of ketones is 1. The molecule has 248 valence electrons. The smallest absolute Gasteiger partial charge is 0.315 e. The molecule has 2 aliphatic carbocycles. The van der Waals surface area contributed by atoms with Gasteiger partial charge in [-0.2, -0.15) is 0 Å². The molecule has 45 heavy (non-hydrogen) atoms. The summed E-state index contributed by atoms with van der Waals surface area (Å²) < 4.78 is 1.53. The summed E-state index contributed by atoms with van der Waals surface area (Å²) in [5.41, 5.74) is 3.78. The third kappa shape index (κ3) is 7.58. The quantitative estimate of drug-likeness (QED) is 0.273. The maximum absolute atomic E-state index is 14.3. The Morgan fingerprint density at radius 3 is 2.16 bits per heavy atom. The summed E-state index contributed by atoms with van der Waals surface area (Å²) in [5, 5.41) is 8.63. The van der Waals surface area contributed by atoms with E-state index in [0.29, 0.717) is 13.0 Å². The van der Waals surface area contributed by atoms with Gasteiger partial charge in [0, 0.05) is 25.4 Å². The van der Waals surface area contributed by atoms with E-state index in [1.165, 1.54) is 15.5 Å². The van der Waals surface area contributed by atoms with E-state index in [9.17, 15) is 28.8 Å². The van der Waals surface area contributed by atoms with Crippen molar-refractivity contribution in [2.45, 2.75) is 105 Å². The first kappa shape index (κ1) is 34.2. The number of likely N-dealkylation sites (tertiary alicyclic amines) is 1. The van der Waals surface area contributed by atoms with Crippen LogP contribution in [-0.2, 0) is 25.7 Å². The maximum Gasteiger partial charge on any atom is 0.315 e. The average molecular weight is 627 g/mol. The van der Waals surface area contributed by atoms with Gasteiger partial charge < -0.3 is 31.2 Å². The van der Waals surface area contributed by atoms with Crippen LogP contribution in [0, 0.1) is 34.0 Å². The van der Waals surface area contributed by atoms with Crippen LogP contribution in [0.2, 0.25) is 0 Å². The summed E-state index contributed by atoms with van der Waals surface area (Å²) in [6.45, 7) is 16.1. The number of amides is 5. The lowest BCUT2D eigenvalue weighted by atomic mass is 9.85. The normalized spacial score (nSPS) is 24.1. The number of nitrogens with one attached hydrogen (secondary N) is 3. The van der Waals surface area contributed by atoms with Crippen LogP contribution in [0.1, 0.15) is 74.7 Å². The molecule has 3 fully saturated rings.